The third kappa shape index (κ3) is 2.84. The number of benzene rings is 1. The minimum Gasteiger partial charge on any atom is -0.357 e. The van der Waals surface area contributed by atoms with E-state index in [4.69, 9.17) is 23.2 Å². The highest BCUT2D eigenvalue weighted by molar-refractivity contribution is 6.35. The van der Waals surface area contributed by atoms with Crippen molar-refractivity contribution in [1.29, 1.82) is 0 Å². The Balaban J connectivity index is 1.89. The molecule has 1 atom stereocenters. The molecule has 0 unspecified atom stereocenters. The Morgan fingerprint density at radius 1 is 1.38 bits per heavy atom. The highest BCUT2D eigenvalue weighted by Gasteiger charge is 2.24. The Labute approximate surface area is 132 Å². The normalized spacial score (nSPS) is 17.9. The van der Waals surface area contributed by atoms with Crippen LogP contribution in [0.1, 0.15) is 12.1 Å². The molecule has 2 N–H and O–H groups in total. The fraction of sp³-hybridized carbons (Fsp3) is 0.286. The van der Waals surface area contributed by atoms with Crippen molar-refractivity contribution in [2.75, 3.05) is 11.9 Å². The number of halogens is 2. The summed E-state index contributed by atoms with van der Waals surface area (Å²) in [4.78, 5) is 11.6. The summed E-state index contributed by atoms with van der Waals surface area (Å²) in [5.74, 6) is 0.660. The number of amides is 1. The predicted octanol–water partition coefficient (Wildman–Crippen LogP) is 2.79. The van der Waals surface area contributed by atoms with Crippen LogP contribution in [0.15, 0.2) is 24.3 Å². The highest BCUT2D eigenvalue weighted by Crippen LogP contribution is 2.26. The van der Waals surface area contributed by atoms with Crippen molar-refractivity contribution in [3.63, 3.8) is 0 Å². The number of nitrogens with one attached hydrogen (secondary N) is 2. The molecular formula is C14H14Cl2N4O. The molecule has 1 fully saturated rings. The van der Waals surface area contributed by atoms with Gasteiger partial charge in [-0.25, -0.2) is 4.68 Å². The van der Waals surface area contributed by atoms with Crippen LogP contribution in [0.3, 0.4) is 0 Å². The molecule has 1 aliphatic rings. The van der Waals surface area contributed by atoms with E-state index in [1.54, 1.807) is 16.8 Å². The number of carbonyl (C=O) groups excluding carboxylic acids is 1. The molecule has 1 saturated heterocycles. The van der Waals surface area contributed by atoms with Crippen molar-refractivity contribution in [2.24, 2.45) is 0 Å². The summed E-state index contributed by atoms with van der Waals surface area (Å²) >= 11 is 12.1. The van der Waals surface area contributed by atoms with Crippen LogP contribution in [0.25, 0.3) is 5.69 Å². The first kappa shape index (κ1) is 14.2. The van der Waals surface area contributed by atoms with Gasteiger partial charge in [-0.1, -0.05) is 23.2 Å². The van der Waals surface area contributed by atoms with Crippen LogP contribution in [-0.2, 0) is 4.79 Å². The third-order valence-corrected chi connectivity index (χ3v) is 3.93. The number of aromatic nitrogens is 2. The summed E-state index contributed by atoms with van der Waals surface area (Å²) < 4.78 is 1.73. The van der Waals surface area contributed by atoms with E-state index in [2.05, 4.69) is 15.7 Å². The van der Waals surface area contributed by atoms with E-state index in [1.165, 1.54) is 0 Å². The Hall–Kier alpha value is -1.72. The van der Waals surface area contributed by atoms with Crippen molar-refractivity contribution in [2.45, 2.75) is 19.4 Å². The summed E-state index contributed by atoms with van der Waals surface area (Å²) in [6.45, 7) is 2.62. The number of hydrogen-bond donors (Lipinski definition) is 2. The van der Waals surface area contributed by atoms with E-state index in [0.717, 1.165) is 17.8 Å². The van der Waals surface area contributed by atoms with Crippen molar-refractivity contribution in [3.8, 4) is 5.69 Å². The number of nitrogens with zero attached hydrogens (tertiary/aromatic N) is 2. The van der Waals surface area contributed by atoms with Gasteiger partial charge in [0, 0.05) is 23.3 Å². The van der Waals surface area contributed by atoms with Gasteiger partial charge in [-0.15, -0.1) is 0 Å². The quantitative estimate of drug-likeness (QED) is 0.912. The predicted molar refractivity (Wildman–Crippen MR) is 83.4 cm³/mol. The van der Waals surface area contributed by atoms with E-state index < -0.39 is 0 Å². The average Bonchev–Trinajstić information content (AvgIpc) is 2.97. The van der Waals surface area contributed by atoms with Crippen LogP contribution in [0.5, 0.6) is 0 Å². The van der Waals surface area contributed by atoms with Gasteiger partial charge < -0.3 is 10.6 Å². The number of carbonyl (C=O) groups is 1. The summed E-state index contributed by atoms with van der Waals surface area (Å²) in [6, 6.07) is 6.92. The van der Waals surface area contributed by atoms with Crippen LogP contribution < -0.4 is 10.6 Å². The zero-order valence-corrected chi connectivity index (χ0v) is 12.9. The van der Waals surface area contributed by atoms with Gasteiger partial charge in [-0.3, -0.25) is 4.79 Å². The second kappa shape index (κ2) is 5.58. The Morgan fingerprint density at radius 2 is 2.19 bits per heavy atom. The number of hydrogen-bond acceptors (Lipinski definition) is 3. The van der Waals surface area contributed by atoms with Crippen molar-refractivity contribution in [3.05, 3.63) is 40.0 Å². The standard InChI is InChI=1S/C14H14Cl2N4O/c1-8-6-13(18-11-4-5-17-14(11)21)19-20(8)12-3-2-9(15)7-10(12)16/h2-3,6-7,11H,4-5H2,1H3,(H,17,21)(H,18,19)/t11-/m0/s1. The highest BCUT2D eigenvalue weighted by atomic mass is 35.5. The van der Waals surface area contributed by atoms with Gasteiger partial charge in [0.1, 0.15) is 11.9 Å². The van der Waals surface area contributed by atoms with Crippen molar-refractivity contribution in [1.82, 2.24) is 15.1 Å². The van der Waals surface area contributed by atoms with E-state index >= 15 is 0 Å². The van der Waals surface area contributed by atoms with E-state index in [9.17, 15) is 4.79 Å². The lowest BCUT2D eigenvalue weighted by Crippen LogP contribution is -2.29. The van der Waals surface area contributed by atoms with E-state index in [0.29, 0.717) is 22.4 Å². The van der Waals surface area contributed by atoms with Crippen molar-refractivity contribution >= 4 is 34.9 Å². The Bertz CT molecular complexity index is 698. The maximum absolute atomic E-state index is 11.6. The Morgan fingerprint density at radius 3 is 2.86 bits per heavy atom. The van der Waals surface area contributed by atoms with Crippen LogP contribution in [-0.4, -0.2) is 28.3 Å². The fourth-order valence-electron chi connectivity index (χ4n) is 2.35. The topological polar surface area (TPSA) is 58.9 Å². The smallest absolute Gasteiger partial charge is 0.242 e. The number of aryl methyl sites for hydroxylation is 1. The van der Waals surface area contributed by atoms with Gasteiger partial charge in [0.15, 0.2) is 0 Å². The first-order valence-corrected chi connectivity index (χ1v) is 7.36. The van der Waals surface area contributed by atoms with Gasteiger partial charge >= 0.3 is 0 Å². The van der Waals surface area contributed by atoms with Crippen molar-refractivity contribution < 1.29 is 4.79 Å². The minimum atomic E-state index is -0.228. The largest absolute Gasteiger partial charge is 0.357 e. The molecule has 2 heterocycles. The van der Waals surface area contributed by atoms with Gasteiger partial charge in [0.25, 0.3) is 0 Å². The first-order valence-electron chi connectivity index (χ1n) is 6.61. The van der Waals surface area contributed by atoms with Gasteiger partial charge in [0.2, 0.25) is 5.91 Å². The maximum Gasteiger partial charge on any atom is 0.242 e. The molecule has 0 radical (unpaired) electrons. The van der Waals surface area contributed by atoms with Crippen LogP contribution in [0.2, 0.25) is 10.0 Å². The lowest BCUT2D eigenvalue weighted by atomic mass is 10.2. The molecule has 21 heavy (non-hydrogen) atoms. The summed E-state index contributed by atoms with van der Waals surface area (Å²) in [5, 5.41) is 11.5. The number of rotatable bonds is 3. The average molecular weight is 325 g/mol. The molecule has 1 amide bonds. The van der Waals surface area contributed by atoms with Gasteiger partial charge in [0.05, 0.1) is 10.7 Å². The second-order valence-electron chi connectivity index (χ2n) is 4.96. The zero-order valence-electron chi connectivity index (χ0n) is 11.4. The third-order valence-electron chi connectivity index (χ3n) is 3.40. The lowest BCUT2D eigenvalue weighted by molar-refractivity contribution is -0.119. The van der Waals surface area contributed by atoms with Gasteiger partial charge in [-0.2, -0.15) is 5.10 Å². The maximum atomic E-state index is 11.6. The number of anilines is 1. The molecule has 0 spiro atoms. The molecule has 0 bridgehead atoms. The van der Waals surface area contributed by atoms with Gasteiger partial charge in [-0.05, 0) is 31.5 Å². The fourth-order valence-corrected chi connectivity index (χ4v) is 2.84. The molecule has 5 nitrogen and oxygen atoms in total. The molecule has 2 aromatic rings. The molecule has 1 aliphatic heterocycles. The van der Waals surface area contributed by atoms with Crippen LogP contribution in [0.4, 0.5) is 5.82 Å². The molecule has 0 aliphatic carbocycles. The zero-order chi connectivity index (χ0) is 15.0. The molecule has 1 aromatic carbocycles. The first-order chi connectivity index (χ1) is 10.0. The molecule has 0 saturated carbocycles. The second-order valence-corrected chi connectivity index (χ2v) is 5.80. The minimum absolute atomic E-state index is 0.00623. The van der Waals surface area contributed by atoms with E-state index in [1.807, 2.05) is 19.1 Å². The summed E-state index contributed by atoms with van der Waals surface area (Å²) in [6.07, 6.45) is 0.756. The summed E-state index contributed by atoms with van der Waals surface area (Å²) in [5.41, 5.74) is 1.67. The Kier molecular flexibility index (Phi) is 3.78. The van der Waals surface area contributed by atoms with Crippen LogP contribution >= 0.6 is 23.2 Å². The molecular weight excluding hydrogens is 311 g/mol. The lowest BCUT2D eigenvalue weighted by Gasteiger charge is -2.09. The monoisotopic (exact) mass is 324 g/mol. The molecule has 1 aromatic heterocycles. The molecule has 7 heteroatoms. The molecule has 3 rings (SSSR count). The SMILES string of the molecule is Cc1cc(N[C@H]2CCNC2=O)nn1-c1ccc(Cl)cc1Cl. The van der Waals surface area contributed by atoms with Crippen LogP contribution in [0, 0.1) is 6.92 Å². The van der Waals surface area contributed by atoms with E-state index in [-0.39, 0.29) is 11.9 Å². The molecule has 110 valence electrons. The summed E-state index contributed by atoms with van der Waals surface area (Å²) in [7, 11) is 0.